The minimum absolute atomic E-state index is 0.0153. The molecule has 0 spiro atoms. The molecule has 35 heavy (non-hydrogen) atoms. The van der Waals surface area contributed by atoms with Gasteiger partial charge >= 0.3 is 0 Å². The second kappa shape index (κ2) is 8.95. The van der Waals surface area contributed by atoms with Crippen molar-refractivity contribution >= 4 is 34.1 Å². The first-order chi connectivity index (χ1) is 17.2. The fourth-order valence-corrected chi connectivity index (χ4v) is 5.24. The van der Waals surface area contributed by atoms with Crippen molar-refractivity contribution in [2.45, 2.75) is 6.54 Å². The van der Waals surface area contributed by atoms with Crippen LogP contribution in [0, 0.1) is 0 Å². The zero-order valence-electron chi connectivity index (χ0n) is 19.3. The summed E-state index contributed by atoms with van der Waals surface area (Å²) in [6.45, 7) is 3.23. The van der Waals surface area contributed by atoms with Crippen molar-refractivity contribution in [3.63, 3.8) is 0 Å². The lowest BCUT2D eigenvalue weighted by atomic mass is 10.1. The fraction of sp³-hybridized carbons (Fsp3) is 0.240. The van der Waals surface area contributed by atoms with Gasteiger partial charge in [0, 0.05) is 39.4 Å². The second-order valence-corrected chi connectivity index (χ2v) is 9.48. The Labute approximate surface area is 206 Å². The molecule has 5 heterocycles. The molecule has 0 radical (unpaired) electrons. The van der Waals surface area contributed by atoms with E-state index in [-0.39, 0.29) is 5.91 Å². The second-order valence-electron chi connectivity index (χ2n) is 8.53. The van der Waals surface area contributed by atoms with Crippen LogP contribution in [0.15, 0.2) is 66.6 Å². The van der Waals surface area contributed by atoms with Crippen molar-refractivity contribution in [2.24, 2.45) is 7.05 Å². The highest BCUT2D eigenvalue weighted by Crippen LogP contribution is 2.29. The molecule has 0 saturated carbocycles. The summed E-state index contributed by atoms with van der Waals surface area (Å²) in [7, 11) is 1.87. The van der Waals surface area contributed by atoms with Gasteiger partial charge in [-0.3, -0.25) is 14.2 Å². The van der Waals surface area contributed by atoms with E-state index in [2.05, 4.69) is 32.1 Å². The zero-order chi connectivity index (χ0) is 23.8. The van der Waals surface area contributed by atoms with Gasteiger partial charge < -0.3 is 9.80 Å². The number of hydrogen-bond acceptors (Lipinski definition) is 7. The number of anilines is 1. The van der Waals surface area contributed by atoms with Gasteiger partial charge in [-0.1, -0.05) is 36.4 Å². The lowest BCUT2D eigenvalue weighted by Crippen LogP contribution is -2.49. The monoisotopic (exact) mass is 484 g/mol. The fourth-order valence-electron chi connectivity index (χ4n) is 4.52. The van der Waals surface area contributed by atoms with Gasteiger partial charge in [0.05, 0.1) is 28.6 Å². The van der Waals surface area contributed by atoms with Crippen molar-refractivity contribution in [2.75, 3.05) is 31.1 Å². The molecule has 4 aromatic heterocycles. The Morgan fingerprint density at radius 1 is 1.03 bits per heavy atom. The van der Waals surface area contributed by atoms with Gasteiger partial charge in [0.1, 0.15) is 17.8 Å². The van der Waals surface area contributed by atoms with E-state index in [1.807, 2.05) is 58.5 Å². The molecule has 0 atom stereocenters. The number of fused-ring (bicyclic) bond motifs is 1. The molecular formula is C25H24N8OS. The van der Waals surface area contributed by atoms with Crippen LogP contribution >= 0.6 is 11.3 Å². The Kier molecular flexibility index (Phi) is 5.49. The van der Waals surface area contributed by atoms with Gasteiger partial charge in [0.15, 0.2) is 5.65 Å². The van der Waals surface area contributed by atoms with Crippen LogP contribution in [-0.4, -0.2) is 66.5 Å². The summed E-state index contributed by atoms with van der Waals surface area (Å²) in [4.78, 5) is 27.6. The first-order valence-corrected chi connectivity index (χ1v) is 12.4. The number of hydrogen-bond donors (Lipinski definition) is 0. The number of aryl methyl sites for hydroxylation is 1. The average Bonchev–Trinajstić information content (AvgIpc) is 3.65. The van der Waals surface area contributed by atoms with E-state index in [0.29, 0.717) is 38.3 Å². The first-order valence-electron chi connectivity index (χ1n) is 11.5. The van der Waals surface area contributed by atoms with Crippen LogP contribution in [0.25, 0.3) is 21.6 Å². The van der Waals surface area contributed by atoms with Gasteiger partial charge in [-0.2, -0.15) is 10.2 Å². The topological polar surface area (TPSA) is 85.0 Å². The maximum Gasteiger partial charge on any atom is 0.257 e. The standard InChI is InChI=1S/C25H24N8OS/c1-30-23-19(14-28-30)24(27-17-26-23)31-9-11-32(12-10-31)25(34)20-16-33(15-18-6-3-2-4-7-18)29-22(20)21-8-5-13-35-21/h2-8,13-14,16-17H,9-12,15H2,1H3. The van der Waals surface area contributed by atoms with E-state index in [1.165, 1.54) is 0 Å². The summed E-state index contributed by atoms with van der Waals surface area (Å²) in [6, 6.07) is 14.2. The summed E-state index contributed by atoms with van der Waals surface area (Å²) in [5.41, 5.74) is 3.34. The van der Waals surface area contributed by atoms with Gasteiger partial charge in [0.25, 0.3) is 5.91 Å². The minimum Gasteiger partial charge on any atom is -0.352 e. The number of nitrogens with zero attached hydrogens (tertiary/aromatic N) is 8. The minimum atomic E-state index is 0.0153. The summed E-state index contributed by atoms with van der Waals surface area (Å²) >= 11 is 1.60. The third-order valence-corrected chi connectivity index (χ3v) is 7.19. The van der Waals surface area contributed by atoms with E-state index >= 15 is 0 Å². The maximum atomic E-state index is 13.7. The molecule has 1 saturated heterocycles. The number of carbonyl (C=O) groups excluding carboxylic acids is 1. The van der Waals surface area contributed by atoms with Crippen LogP contribution in [0.4, 0.5) is 5.82 Å². The molecule has 6 rings (SSSR count). The Balaban J connectivity index is 1.23. The van der Waals surface area contributed by atoms with Gasteiger partial charge in [-0.25, -0.2) is 9.97 Å². The Morgan fingerprint density at radius 3 is 2.63 bits per heavy atom. The van der Waals surface area contributed by atoms with Crippen LogP contribution in [0.1, 0.15) is 15.9 Å². The molecule has 0 aliphatic carbocycles. The zero-order valence-corrected chi connectivity index (χ0v) is 20.1. The molecule has 5 aromatic rings. The van der Waals surface area contributed by atoms with Gasteiger partial charge in [-0.15, -0.1) is 11.3 Å². The van der Waals surface area contributed by atoms with Crippen LogP contribution in [-0.2, 0) is 13.6 Å². The van der Waals surface area contributed by atoms with Crippen LogP contribution in [0.3, 0.4) is 0 Å². The van der Waals surface area contributed by atoms with E-state index in [0.717, 1.165) is 33.0 Å². The summed E-state index contributed by atoms with van der Waals surface area (Å²) < 4.78 is 3.62. The number of benzene rings is 1. The third-order valence-electron chi connectivity index (χ3n) is 6.31. The van der Waals surface area contributed by atoms with E-state index in [1.54, 1.807) is 28.5 Å². The van der Waals surface area contributed by atoms with Crippen molar-refractivity contribution < 1.29 is 4.79 Å². The first kappa shape index (κ1) is 21.5. The molecule has 1 aliphatic heterocycles. The Bertz CT molecular complexity index is 1470. The maximum absolute atomic E-state index is 13.7. The van der Waals surface area contributed by atoms with E-state index in [4.69, 9.17) is 5.10 Å². The Hall–Kier alpha value is -4.05. The molecule has 1 aromatic carbocycles. The number of piperazine rings is 1. The molecule has 176 valence electrons. The van der Waals surface area contributed by atoms with Crippen LogP contribution in [0.5, 0.6) is 0 Å². The lowest BCUT2D eigenvalue weighted by molar-refractivity contribution is 0.0747. The number of rotatable bonds is 5. The normalized spacial score (nSPS) is 14.1. The number of carbonyl (C=O) groups is 1. The highest BCUT2D eigenvalue weighted by molar-refractivity contribution is 7.13. The number of amides is 1. The quantitative estimate of drug-likeness (QED) is 0.381. The summed E-state index contributed by atoms with van der Waals surface area (Å²) in [6.07, 6.45) is 5.27. The van der Waals surface area contributed by atoms with Crippen LogP contribution < -0.4 is 4.90 Å². The predicted octanol–water partition coefficient (Wildman–Crippen LogP) is 3.30. The third kappa shape index (κ3) is 4.06. The summed E-state index contributed by atoms with van der Waals surface area (Å²) in [5, 5.41) is 12.1. The molecule has 0 unspecified atom stereocenters. The van der Waals surface area contributed by atoms with Crippen LogP contribution in [0.2, 0.25) is 0 Å². The highest BCUT2D eigenvalue weighted by Gasteiger charge is 2.28. The average molecular weight is 485 g/mol. The lowest BCUT2D eigenvalue weighted by Gasteiger charge is -2.35. The smallest absolute Gasteiger partial charge is 0.257 e. The number of thiophene rings is 1. The molecule has 1 fully saturated rings. The molecule has 10 heteroatoms. The molecule has 1 amide bonds. The molecule has 0 N–H and O–H groups in total. The predicted molar refractivity (Wildman–Crippen MR) is 136 cm³/mol. The SMILES string of the molecule is Cn1ncc2c(N3CCN(C(=O)c4cn(Cc5ccccc5)nc4-c4cccs4)CC3)ncnc21. The highest BCUT2D eigenvalue weighted by atomic mass is 32.1. The van der Waals surface area contributed by atoms with E-state index < -0.39 is 0 Å². The van der Waals surface area contributed by atoms with Crippen molar-refractivity contribution in [3.8, 4) is 10.6 Å². The Morgan fingerprint density at radius 2 is 1.86 bits per heavy atom. The molecule has 0 bridgehead atoms. The molecule has 1 aliphatic rings. The molecule has 9 nitrogen and oxygen atoms in total. The van der Waals surface area contributed by atoms with Gasteiger partial charge in [0.2, 0.25) is 0 Å². The summed E-state index contributed by atoms with van der Waals surface area (Å²) in [5.74, 6) is 0.881. The van der Waals surface area contributed by atoms with E-state index in [9.17, 15) is 4.79 Å². The van der Waals surface area contributed by atoms with Crippen molar-refractivity contribution in [3.05, 3.63) is 77.7 Å². The molecular weight excluding hydrogens is 460 g/mol. The van der Waals surface area contributed by atoms with Crippen molar-refractivity contribution in [1.82, 2.24) is 34.4 Å². The number of aromatic nitrogens is 6. The largest absolute Gasteiger partial charge is 0.352 e. The van der Waals surface area contributed by atoms with Crippen molar-refractivity contribution in [1.29, 1.82) is 0 Å². The van der Waals surface area contributed by atoms with Gasteiger partial charge in [-0.05, 0) is 17.0 Å².